The number of alkyl halides is 3. The summed E-state index contributed by atoms with van der Waals surface area (Å²) in [6, 6.07) is 4.11. The van der Waals surface area contributed by atoms with Gasteiger partial charge in [0.15, 0.2) is 0 Å². The molecule has 1 aromatic carbocycles. The number of amides is 1. The summed E-state index contributed by atoms with van der Waals surface area (Å²) in [5.74, 6) is -0.552. The van der Waals surface area contributed by atoms with Crippen LogP contribution in [0.25, 0.3) is 0 Å². The Kier molecular flexibility index (Phi) is 6.82. The third-order valence-electron chi connectivity index (χ3n) is 5.45. The average Bonchev–Trinajstić information content (AvgIpc) is 2.67. The molecule has 2 fully saturated rings. The zero-order valence-electron chi connectivity index (χ0n) is 16.2. The van der Waals surface area contributed by atoms with E-state index in [2.05, 4.69) is 10.2 Å². The van der Waals surface area contributed by atoms with E-state index in [-0.39, 0.29) is 18.4 Å². The second-order valence-electron chi connectivity index (χ2n) is 7.64. The minimum absolute atomic E-state index is 0.0289. The molecule has 0 aromatic heterocycles. The summed E-state index contributed by atoms with van der Waals surface area (Å²) in [4.78, 5) is 16.2. The number of carbonyl (C=O) groups is 1. The van der Waals surface area contributed by atoms with Crippen molar-refractivity contribution in [2.24, 2.45) is 0 Å². The molecular weight excluding hydrogens is 371 g/mol. The van der Waals surface area contributed by atoms with Gasteiger partial charge in [-0.15, -0.1) is 0 Å². The lowest BCUT2D eigenvalue weighted by atomic mass is 9.98. The molecule has 8 heteroatoms. The number of carbonyl (C=O) groups excluding carboxylic acids is 1. The fourth-order valence-corrected chi connectivity index (χ4v) is 3.75. The molecule has 2 aliphatic rings. The van der Waals surface area contributed by atoms with Gasteiger partial charge in [-0.2, -0.15) is 13.2 Å². The van der Waals surface area contributed by atoms with E-state index in [1.54, 1.807) is 6.07 Å². The van der Waals surface area contributed by atoms with E-state index in [1.165, 1.54) is 12.5 Å². The molecule has 0 unspecified atom stereocenters. The summed E-state index contributed by atoms with van der Waals surface area (Å²) < 4.78 is 46.3. The van der Waals surface area contributed by atoms with Gasteiger partial charge in [0.1, 0.15) is 6.61 Å². The molecule has 5 nitrogen and oxygen atoms in total. The Balaban J connectivity index is 1.66. The largest absolute Gasteiger partial charge is 0.418 e. The maximum atomic E-state index is 13.6. The van der Waals surface area contributed by atoms with Crippen molar-refractivity contribution in [3.05, 3.63) is 23.8 Å². The monoisotopic (exact) mass is 399 g/mol. The van der Waals surface area contributed by atoms with E-state index >= 15 is 0 Å². The molecule has 28 heavy (non-hydrogen) atoms. The van der Waals surface area contributed by atoms with Crippen LogP contribution in [0.15, 0.2) is 18.2 Å². The van der Waals surface area contributed by atoms with Gasteiger partial charge in [0.25, 0.3) is 0 Å². The first-order chi connectivity index (χ1) is 13.3. The summed E-state index contributed by atoms with van der Waals surface area (Å²) in [5.41, 5.74) is -0.519. The van der Waals surface area contributed by atoms with Crippen LogP contribution in [0, 0.1) is 0 Å². The van der Waals surface area contributed by atoms with Crippen molar-refractivity contribution < 1.29 is 22.7 Å². The van der Waals surface area contributed by atoms with Crippen LogP contribution in [0.2, 0.25) is 0 Å². The Labute approximate surface area is 163 Å². The number of anilines is 2. The van der Waals surface area contributed by atoms with Gasteiger partial charge in [-0.1, -0.05) is 19.3 Å². The number of hydrogen-bond donors (Lipinski definition) is 1. The van der Waals surface area contributed by atoms with Crippen molar-refractivity contribution in [2.45, 2.75) is 44.4 Å². The second kappa shape index (κ2) is 9.13. The van der Waals surface area contributed by atoms with Gasteiger partial charge in [0.2, 0.25) is 5.91 Å². The topological polar surface area (TPSA) is 44.8 Å². The highest BCUT2D eigenvalue weighted by atomic mass is 19.4. The maximum Gasteiger partial charge on any atom is 0.418 e. The first-order valence-corrected chi connectivity index (χ1v) is 9.89. The Morgan fingerprint density at radius 1 is 1.14 bits per heavy atom. The van der Waals surface area contributed by atoms with Crippen molar-refractivity contribution >= 4 is 17.3 Å². The van der Waals surface area contributed by atoms with Crippen molar-refractivity contribution in [3.63, 3.8) is 0 Å². The summed E-state index contributed by atoms with van der Waals surface area (Å²) in [6.45, 7) is 2.74. The van der Waals surface area contributed by atoms with Gasteiger partial charge in [0, 0.05) is 31.9 Å². The van der Waals surface area contributed by atoms with Crippen molar-refractivity contribution in [1.82, 2.24) is 4.90 Å². The third-order valence-corrected chi connectivity index (χ3v) is 5.45. The number of ether oxygens (including phenoxy) is 1. The summed E-state index contributed by atoms with van der Waals surface area (Å²) in [5, 5.41) is 2.38. The SMILES string of the molecule is CN1CCN(c2ccc(NC(=O)COC3CCCCC3)c(C(F)(F)F)c2)CC1. The van der Waals surface area contributed by atoms with Gasteiger partial charge in [-0.25, -0.2) is 0 Å². The molecule has 3 rings (SSSR count). The first kappa shape index (κ1) is 20.9. The predicted octanol–water partition coefficient (Wildman–Crippen LogP) is 3.75. The van der Waals surface area contributed by atoms with Crippen molar-refractivity contribution in [2.75, 3.05) is 50.1 Å². The smallest absolute Gasteiger partial charge is 0.369 e. The Hall–Kier alpha value is -1.80. The zero-order chi connectivity index (χ0) is 20.1. The summed E-state index contributed by atoms with van der Waals surface area (Å²) >= 11 is 0. The Bertz CT molecular complexity index is 667. The van der Waals surface area contributed by atoms with Crippen LogP contribution in [-0.4, -0.2) is 56.7 Å². The fraction of sp³-hybridized carbons (Fsp3) is 0.650. The molecule has 1 N–H and O–H groups in total. The van der Waals surface area contributed by atoms with Gasteiger partial charge in [-0.05, 0) is 38.1 Å². The molecular formula is C20H28F3N3O2. The third kappa shape index (κ3) is 5.61. The Morgan fingerprint density at radius 3 is 2.46 bits per heavy atom. The van der Waals surface area contributed by atoms with Gasteiger partial charge in [-0.3, -0.25) is 4.79 Å². The summed E-state index contributed by atoms with van der Waals surface area (Å²) in [6.07, 6.45) is 0.593. The molecule has 1 saturated heterocycles. The lowest BCUT2D eigenvalue weighted by molar-refractivity contribution is -0.137. The van der Waals surface area contributed by atoms with Gasteiger partial charge >= 0.3 is 6.18 Å². The number of rotatable bonds is 5. The number of likely N-dealkylation sites (N-methyl/N-ethyl adjacent to an activating group) is 1. The molecule has 1 saturated carbocycles. The molecule has 0 bridgehead atoms. The first-order valence-electron chi connectivity index (χ1n) is 9.89. The van der Waals surface area contributed by atoms with E-state index in [9.17, 15) is 18.0 Å². The molecule has 0 atom stereocenters. The predicted molar refractivity (Wildman–Crippen MR) is 103 cm³/mol. The molecule has 1 aromatic rings. The minimum atomic E-state index is -4.55. The van der Waals surface area contributed by atoms with E-state index in [4.69, 9.17) is 4.74 Å². The number of hydrogen-bond acceptors (Lipinski definition) is 4. The molecule has 1 amide bonds. The number of nitrogens with zero attached hydrogens (tertiary/aromatic N) is 2. The van der Waals surface area contributed by atoms with Crippen LogP contribution in [0.4, 0.5) is 24.5 Å². The lowest BCUT2D eigenvalue weighted by Gasteiger charge is -2.34. The number of nitrogens with one attached hydrogen (secondary N) is 1. The molecule has 1 aliphatic carbocycles. The van der Waals surface area contributed by atoms with E-state index < -0.39 is 17.6 Å². The maximum absolute atomic E-state index is 13.6. The highest BCUT2D eigenvalue weighted by Gasteiger charge is 2.35. The fourth-order valence-electron chi connectivity index (χ4n) is 3.75. The number of piperazine rings is 1. The van der Waals surface area contributed by atoms with Gasteiger partial charge in [0.05, 0.1) is 17.4 Å². The van der Waals surface area contributed by atoms with Crippen LogP contribution < -0.4 is 10.2 Å². The van der Waals surface area contributed by atoms with Crippen LogP contribution in [0.5, 0.6) is 0 Å². The molecule has 1 aliphatic heterocycles. The van der Waals surface area contributed by atoms with Crippen LogP contribution in [-0.2, 0) is 15.7 Å². The standard InChI is InChI=1S/C20H28F3N3O2/c1-25-9-11-26(12-10-25)15-7-8-18(17(13-15)20(21,22)23)24-19(27)14-28-16-5-3-2-4-6-16/h7-8,13,16H,2-6,9-12,14H2,1H3,(H,24,27). The molecule has 0 spiro atoms. The van der Waals surface area contributed by atoms with Crippen LogP contribution >= 0.6 is 0 Å². The van der Waals surface area contributed by atoms with Crippen molar-refractivity contribution in [3.8, 4) is 0 Å². The van der Waals surface area contributed by atoms with Crippen LogP contribution in [0.3, 0.4) is 0 Å². The van der Waals surface area contributed by atoms with Crippen molar-refractivity contribution in [1.29, 1.82) is 0 Å². The van der Waals surface area contributed by atoms with E-state index in [1.807, 2.05) is 11.9 Å². The highest BCUT2D eigenvalue weighted by molar-refractivity contribution is 5.93. The molecule has 0 radical (unpaired) electrons. The summed E-state index contributed by atoms with van der Waals surface area (Å²) in [7, 11) is 1.99. The average molecular weight is 399 g/mol. The van der Waals surface area contributed by atoms with E-state index in [0.29, 0.717) is 18.8 Å². The normalized spacial score (nSPS) is 19.6. The molecule has 1 heterocycles. The second-order valence-corrected chi connectivity index (χ2v) is 7.64. The lowest BCUT2D eigenvalue weighted by Crippen LogP contribution is -2.44. The number of halogens is 3. The Morgan fingerprint density at radius 2 is 1.82 bits per heavy atom. The van der Waals surface area contributed by atoms with Gasteiger partial charge < -0.3 is 19.9 Å². The number of benzene rings is 1. The van der Waals surface area contributed by atoms with E-state index in [0.717, 1.165) is 44.8 Å². The molecule has 156 valence electrons. The highest BCUT2D eigenvalue weighted by Crippen LogP contribution is 2.37. The quantitative estimate of drug-likeness (QED) is 0.819. The zero-order valence-corrected chi connectivity index (χ0v) is 16.2. The minimum Gasteiger partial charge on any atom is -0.369 e. The van der Waals surface area contributed by atoms with Crippen LogP contribution in [0.1, 0.15) is 37.7 Å².